The van der Waals surface area contributed by atoms with Crippen LogP contribution in [0.1, 0.15) is 16.1 Å². The van der Waals surface area contributed by atoms with Crippen LogP contribution < -0.4 is 9.80 Å². The molecule has 2 aliphatic heterocycles. The molecule has 4 heterocycles. The Morgan fingerprint density at radius 2 is 2.05 bits per heavy atom. The first-order valence-corrected chi connectivity index (χ1v) is 7.21. The minimum absolute atomic E-state index is 0.0727. The summed E-state index contributed by atoms with van der Waals surface area (Å²) >= 11 is 0. The van der Waals surface area contributed by atoms with E-state index in [0.717, 1.165) is 24.5 Å². The molecule has 2 aromatic rings. The minimum atomic E-state index is -0.0727. The van der Waals surface area contributed by atoms with Crippen molar-refractivity contribution in [1.82, 2.24) is 19.7 Å². The predicted molar refractivity (Wildman–Crippen MR) is 78.8 cm³/mol. The van der Waals surface area contributed by atoms with Crippen LogP contribution in [0.25, 0.3) is 0 Å². The van der Waals surface area contributed by atoms with Crippen LogP contribution in [0.5, 0.6) is 0 Å². The fourth-order valence-electron chi connectivity index (χ4n) is 2.74. The van der Waals surface area contributed by atoms with Crippen molar-refractivity contribution in [1.29, 1.82) is 0 Å². The number of carbonyl (C=O) groups is 1. The Morgan fingerprint density at radius 3 is 2.77 bits per heavy atom. The van der Waals surface area contributed by atoms with Gasteiger partial charge in [0, 0.05) is 32.5 Å². The summed E-state index contributed by atoms with van der Waals surface area (Å²) in [7, 11) is 1.83. The first kappa shape index (κ1) is 13.2. The molecule has 0 atom stereocenters. The highest BCUT2D eigenvalue weighted by Crippen LogP contribution is 2.27. The van der Waals surface area contributed by atoms with Crippen molar-refractivity contribution >= 4 is 17.5 Å². The zero-order chi connectivity index (χ0) is 15.1. The second-order valence-electron chi connectivity index (χ2n) is 5.39. The summed E-state index contributed by atoms with van der Waals surface area (Å²) in [5.74, 6) is 0.597. The van der Waals surface area contributed by atoms with Gasteiger partial charge in [0.15, 0.2) is 0 Å². The summed E-state index contributed by atoms with van der Waals surface area (Å²) in [6.45, 7) is 3.38. The topological polar surface area (TPSA) is 76.4 Å². The second kappa shape index (κ2) is 5.06. The van der Waals surface area contributed by atoms with E-state index in [4.69, 9.17) is 4.74 Å². The van der Waals surface area contributed by atoms with E-state index in [1.165, 1.54) is 0 Å². The highest BCUT2D eigenvalue weighted by Gasteiger charge is 2.31. The number of carbonyl (C=O) groups excluding carboxylic acids is 1. The summed E-state index contributed by atoms with van der Waals surface area (Å²) in [5, 5.41) is 4.11. The molecule has 0 aromatic carbocycles. The summed E-state index contributed by atoms with van der Waals surface area (Å²) in [6, 6.07) is 0. The Morgan fingerprint density at radius 1 is 1.23 bits per heavy atom. The SMILES string of the molecule is Cn1cc(N2Cc3nc(N4CCOCC4)ncc3C2=O)cn1. The maximum atomic E-state index is 12.5. The average Bonchev–Trinajstić information content (AvgIpc) is 3.12. The molecular formula is C14H16N6O2. The zero-order valence-corrected chi connectivity index (χ0v) is 12.3. The van der Waals surface area contributed by atoms with Gasteiger partial charge < -0.3 is 9.64 Å². The van der Waals surface area contributed by atoms with Crippen LogP contribution in [-0.4, -0.2) is 52.0 Å². The molecule has 22 heavy (non-hydrogen) atoms. The molecule has 2 aliphatic rings. The van der Waals surface area contributed by atoms with Gasteiger partial charge >= 0.3 is 0 Å². The molecule has 0 aliphatic carbocycles. The van der Waals surface area contributed by atoms with E-state index in [-0.39, 0.29) is 5.91 Å². The molecule has 8 nitrogen and oxygen atoms in total. The van der Waals surface area contributed by atoms with Crippen LogP contribution >= 0.6 is 0 Å². The zero-order valence-electron chi connectivity index (χ0n) is 12.3. The summed E-state index contributed by atoms with van der Waals surface area (Å²) in [6.07, 6.45) is 5.13. The highest BCUT2D eigenvalue weighted by molar-refractivity contribution is 6.09. The van der Waals surface area contributed by atoms with Gasteiger partial charge in [-0.25, -0.2) is 9.97 Å². The standard InChI is InChI=1S/C14H16N6O2/c1-18-8-10(6-16-18)20-9-12-11(13(20)21)7-15-14(17-12)19-2-4-22-5-3-19/h6-8H,2-5,9H2,1H3. The normalized spacial score (nSPS) is 18.0. The van der Waals surface area contributed by atoms with Crippen LogP contribution in [-0.2, 0) is 18.3 Å². The minimum Gasteiger partial charge on any atom is -0.378 e. The number of hydrogen-bond donors (Lipinski definition) is 0. The number of anilines is 2. The van der Waals surface area contributed by atoms with E-state index in [0.29, 0.717) is 31.3 Å². The van der Waals surface area contributed by atoms with Crippen molar-refractivity contribution in [3.05, 3.63) is 29.8 Å². The second-order valence-corrected chi connectivity index (χ2v) is 5.39. The van der Waals surface area contributed by atoms with Crippen LogP contribution in [0.2, 0.25) is 0 Å². The molecule has 114 valence electrons. The smallest absolute Gasteiger partial charge is 0.262 e. The van der Waals surface area contributed by atoms with E-state index in [1.54, 1.807) is 22.0 Å². The van der Waals surface area contributed by atoms with Gasteiger partial charge in [0.25, 0.3) is 5.91 Å². The Kier molecular flexibility index (Phi) is 3.04. The van der Waals surface area contributed by atoms with E-state index in [2.05, 4.69) is 20.0 Å². The maximum Gasteiger partial charge on any atom is 0.262 e. The predicted octanol–water partition coefficient (Wildman–Crippen LogP) is 0.207. The van der Waals surface area contributed by atoms with Crippen molar-refractivity contribution in [2.24, 2.45) is 7.05 Å². The molecule has 0 spiro atoms. The number of hydrogen-bond acceptors (Lipinski definition) is 6. The van der Waals surface area contributed by atoms with Gasteiger partial charge in [-0.15, -0.1) is 0 Å². The van der Waals surface area contributed by atoms with Gasteiger partial charge in [-0.05, 0) is 0 Å². The summed E-state index contributed by atoms with van der Waals surface area (Å²) in [5.41, 5.74) is 2.12. The Bertz CT molecular complexity index is 722. The van der Waals surface area contributed by atoms with Crippen molar-refractivity contribution < 1.29 is 9.53 Å². The lowest BCUT2D eigenvalue weighted by Crippen LogP contribution is -2.37. The number of rotatable bonds is 2. The number of amides is 1. The van der Waals surface area contributed by atoms with Gasteiger partial charge in [0.1, 0.15) is 0 Å². The lowest BCUT2D eigenvalue weighted by Gasteiger charge is -2.26. The largest absolute Gasteiger partial charge is 0.378 e. The van der Waals surface area contributed by atoms with E-state index in [9.17, 15) is 4.79 Å². The monoisotopic (exact) mass is 300 g/mol. The molecule has 0 radical (unpaired) electrons. The van der Waals surface area contributed by atoms with Gasteiger partial charge in [0.05, 0.1) is 42.9 Å². The van der Waals surface area contributed by atoms with Crippen LogP contribution in [0, 0.1) is 0 Å². The van der Waals surface area contributed by atoms with Gasteiger partial charge in [-0.2, -0.15) is 5.10 Å². The van der Waals surface area contributed by atoms with E-state index >= 15 is 0 Å². The molecule has 1 amide bonds. The quantitative estimate of drug-likeness (QED) is 0.789. The number of morpholine rings is 1. The van der Waals surface area contributed by atoms with Gasteiger partial charge in [-0.1, -0.05) is 0 Å². The first-order chi connectivity index (χ1) is 10.7. The third kappa shape index (κ3) is 2.12. The fraction of sp³-hybridized carbons (Fsp3) is 0.429. The van der Waals surface area contributed by atoms with Crippen LogP contribution in [0.4, 0.5) is 11.6 Å². The molecule has 0 N–H and O–H groups in total. The summed E-state index contributed by atoms with van der Waals surface area (Å²) in [4.78, 5) is 25.2. The van der Waals surface area contributed by atoms with Crippen molar-refractivity contribution in [2.45, 2.75) is 6.54 Å². The van der Waals surface area contributed by atoms with E-state index in [1.807, 2.05) is 13.2 Å². The molecule has 0 saturated carbocycles. The number of aryl methyl sites for hydroxylation is 1. The van der Waals surface area contributed by atoms with Crippen molar-refractivity contribution in [3.8, 4) is 0 Å². The number of aromatic nitrogens is 4. The average molecular weight is 300 g/mol. The van der Waals surface area contributed by atoms with Gasteiger partial charge in [0.2, 0.25) is 5.95 Å². The fourth-order valence-corrected chi connectivity index (χ4v) is 2.74. The Hall–Kier alpha value is -2.48. The Balaban J connectivity index is 1.62. The number of ether oxygens (including phenoxy) is 1. The van der Waals surface area contributed by atoms with Crippen LogP contribution in [0.15, 0.2) is 18.6 Å². The lowest BCUT2D eigenvalue weighted by molar-refractivity contribution is 0.0996. The number of nitrogens with zero attached hydrogens (tertiary/aromatic N) is 6. The third-order valence-corrected chi connectivity index (χ3v) is 3.94. The first-order valence-electron chi connectivity index (χ1n) is 7.21. The summed E-state index contributed by atoms with van der Waals surface area (Å²) < 4.78 is 7.02. The maximum absolute atomic E-state index is 12.5. The Labute approximate surface area is 127 Å². The molecule has 1 saturated heterocycles. The molecule has 0 unspecified atom stereocenters. The third-order valence-electron chi connectivity index (χ3n) is 3.94. The van der Waals surface area contributed by atoms with Gasteiger partial charge in [-0.3, -0.25) is 14.4 Å². The molecule has 0 bridgehead atoms. The lowest BCUT2D eigenvalue weighted by atomic mass is 10.3. The molecule has 1 fully saturated rings. The molecule has 8 heteroatoms. The molecule has 2 aromatic heterocycles. The van der Waals surface area contributed by atoms with Crippen LogP contribution in [0.3, 0.4) is 0 Å². The molecular weight excluding hydrogens is 284 g/mol. The highest BCUT2D eigenvalue weighted by atomic mass is 16.5. The van der Waals surface area contributed by atoms with Crippen molar-refractivity contribution in [2.75, 3.05) is 36.1 Å². The van der Waals surface area contributed by atoms with Crippen molar-refractivity contribution in [3.63, 3.8) is 0 Å². The molecule has 4 rings (SSSR count). The van der Waals surface area contributed by atoms with E-state index < -0.39 is 0 Å². The number of fused-ring (bicyclic) bond motifs is 1.